The third-order valence-corrected chi connectivity index (χ3v) is 3.90. The van der Waals surface area contributed by atoms with E-state index >= 15 is 0 Å². The molecule has 108 valence electrons. The average Bonchev–Trinajstić information content (AvgIpc) is 2.59. The van der Waals surface area contributed by atoms with Gasteiger partial charge in [-0.25, -0.2) is 4.68 Å². The molecule has 0 bridgehead atoms. The summed E-state index contributed by atoms with van der Waals surface area (Å²) in [6.45, 7) is 1.90. The Morgan fingerprint density at radius 1 is 1.20 bits per heavy atom. The Morgan fingerprint density at radius 2 is 1.75 bits per heavy atom. The van der Waals surface area contributed by atoms with Crippen LogP contribution in [0.3, 0.4) is 0 Å². The zero-order chi connectivity index (χ0) is 15.1. The van der Waals surface area contributed by atoms with Gasteiger partial charge in [-0.15, -0.1) is 0 Å². The van der Waals surface area contributed by atoms with Crippen LogP contribution >= 0.6 is 15.9 Å². The van der Waals surface area contributed by atoms with E-state index in [0.29, 0.717) is 16.6 Å². The van der Waals surface area contributed by atoms with Gasteiger partial charge in [0.2, 0.25) is 0 Å². The van der Waals surface area contributed by atoms with Crippen LogP contribution in [0.15, 0.2) is 33.5 Å². The fraction of sp³-hybridized carbons (Fsp3) is 0.308. The van der Waals surface area contributed by atoms with Gasteiger partial charge in [-0.1, -0.05) is 6.92 Å². The van der Waals surface area contributed by atoms with Crippen molar-refractivity contribution in [3.05, 3.63) is 50.3 Å². The van der Waals surface area contributed by atoms with E-state index in [9.17, 15) is 18.0 Å². The maximum Gasteiger partial charge on any atom is 0.416 e. The van der Waals surface area contributed by atoms with E-state index in [-0.39, 0.29) is 5.56 Å². The first-order valence-electron chi connectivity index (χ1n) is 5.91. The van der Waals surface area contributed by atoms with E-state index in [1.165, 1.54) is 16.8 Å². The van der Waals surface area contributed by atoms with Crippen LogP contribution in [0.25, 0.3) is 5.69 Å². The molecule has 0 amide bonds. The molecule has 1 aromatic heterocycles. The largest absolute Gasteiger partial charge is 0.416 e. The lowest BCUT2D eigenvalue weighted by molar-refractivity contribution is -0.137. The summed E-state index contributed by atoms with van der Waals surface area (Å²) in [7, 11) is 1.70. The molecule has 2 aromatic rings. The summed E-state index contributed by atoms with van der Waals surface area (Å²) >= 11 is 3.22. The third kappa shape index (κ3) is 2.42. The van der Waals surface area contributed by atoms with Gasteiger partial charge >= 0.3 is 6.18 Å². The van der Waals surface area contributed by atoms with Gasteiger partial charge in [0.05, 0.1) is 16.9 Å². The molecular weight excluding hydrogens is 337 g/mol. The predicted molar refractivity (Wildman–Crippen MR) is 73.1 cm³/mol. The van der Waals surface area contributed by atoms with Gasteiger partial charge in [0.25, 0.3) is 5.56 Å². The SMILES string of the molecule is CCc1c(Br)c(=O)n(-c2ccc(C(F)(F)F)cc2)n1C. The lowest BCUT2D eigenvalue weighted by Crippen LogP contribution is -2.20. The molecule has 3 nitrogen and oxygen atoms in total. The Balaban J connectivity index is 2.56. The highest BCUT2D eigenvalue weighted by atomic mass is 79.9. The van der Waals surface area contributed by atoms with Gasteiger partial charge in [-0.2, -0.15) is 13.2 Å². The second-order valence-corrected chi connectivity index (χ2v) is 5.09. The van der Waals surface area contributed by atoms with Crippen molar-refractivity contribution in [2.75, 3.05) is 0 Å². The van der Waals surface area contributed by atoms with E-state index in [0.717, 1.165) is 17.8 Å². The van der Waals surface area contributed by atoms with E-state index < -0.39 is 11.7 Å². The van der Waals surface area contributed by atoms with Crippen LogP contribution in [-0.4, -0.2) is 9.36 Å². The van der Waals surface area contributed by atoms with Gasteiger partial charge in [-0.3, -0.25) is 9.48 Å². The molecule has 0 saturated heterocycles. The minimum absolute atomic E-state index is 0.288. The Morgan fingerprint density at radius 3 is 2.15 bits per heavy atom. The standard InChI is InChI=1S/C13H12BrF3N2O/c1-3-10-11(14)12(20)19(18(10)2)9-6-4-8(5-7-9)13(15,16)17/h4-7H,3H2,1-2H3. The first-order valence-corrected chi connectivity index (χ1v) is 6.70. The van der Waals surface area contributed by atoms with Crippen molar-refractivity contribution in [3.63, 3.8) is 0 Å². The molecule has 0 unspecified atom stereocenters. The molecule has 0 aliphatic rings. The number of rotatable bonds is 2. The maximum atomic E-state index is 12.5. The molecule has 1 aromatic carbocycles. The zero-order valence-corrected chi connectivity index (χ0v) is 12.4. The number of nitrogens with zero attached hydrogens (tertiary/aromatic N) is 2. The summed E-state index contributed by atoms with van der Waals surface area (Å²) in [4.78, 5) is 12.1. The van der Waals surface area contributed by atoms with Crippen LogP contribution in [-0.2, 0) is 19.6 Å². The fourth-order valence-electron chi connectivity index (χ4n) is 2.08. The number of hydrogen-bond acceptors (Lipinski definition) is 1. The first-order chi connectivity index (χ1) is 9.27. The van der Waals surface area contributed by atoms with Crippen molar-refractivity contribution >= 4 is 15.9 Å². The number of benzene rings is 1. The number of halogens is 4. The van der Waals surface area contributed by atoms with Crippen LogP contribution < -0.4 is 5.56 Å². The molecule has 0 spiro atoms. The number of alkyl halides is 3. The van der Waals surface area contributed by atoms with Gasteiger partial charge in [0.15, 0.2) is 0 Å². The quantitative estimate of drug-likeness (QED) is 0.815. The van der Waals surface area contributed by atoms with E-state index in [1.54, 1.807) is 11.7 Å². The minimum atomic E-state index is -4.38. The van der Waals surface area contributed by atoms with Crippen LogP contribution in [0.1, 0.15) is 18.2 Å². The Bertz CT molecular complexity index is 683. The molecule has 0 fully saturated rings. The van der Waals surface area contributed by atoms with Gasteiger partial charge in [-0.05, 0) is 46.6 Å². The summed E-state index contributed by atoms with van der Waals surface area (Å²) in [6.07, 6.45) is -3.74. The highest BCUT2D eigenvalue weighted by molar-refractivity contribution is 9.10. The summed E-state index contributed by atoms with van der Waals surface area (Å²) < 4.78 is 41.0. The lowest BCUT2D eigenvalue weighted by atomic mass is 10.2. The summed E-state index contributed by atoms with van der Waals surface area (Å²) in [5.41, 5.74) is 0.156. The summed E-state index contributed by atoms with van der Waals surface area (Å²) in [5, 5.41) is 0. The van der Waals surface area contributed by atoms with E-state index in [1.807, 2.05) is 6.92 Å². The third-order valence-electron chi connectivity index (χ3n) is 3.10. The Hall–Kier alpha value is -1.50. The highest BCUT2D eigenvalue weighted by Gasteiger charge is 2.30. The molecular formula is C13H12BrF3N2O. The van der Waals surface area contributed by atoms with Gasteiger partial charge < -0.3 is 0 Å². The van der Waals surface area contributed by atoms with Crippen molar-refractivity contribution in [1.29, 1.82) is 0 Å². The second-order valence-electron chi connectivity index (χ2n) is 4.30. The second kappa shape index (κ2) is 5.12. The minimum Gasteiger partial charge on any atom is -0.284 e. The van der Waals surface area contributed by atoms with Gasteiger partial charge in [0.1, 0.15) is 4.47 Å². The Labute approximate surface area is 121 Å². The van der Waals surface area contributed by atoms with Crippen molar-refractivity contribution in [2.45, 2.75) is 19.5 Å². The van der Waals surface area contributed by atoms with E-state index in [4.69, 9.17) is 0 Å². The van der Waals surface area contributed by atoms with Crippen LogP contribution in [0.2, 0.25) is 0 Å². The molecule has 0 saturated carbocycles. The average molecular weight is 349 g/mol. The van der Waals surface area contributed by atoms with Crippen LogP contribution in [0, 0.1) is 0 Å². The van der Waals surface area contributed by atoms with Crippen molar-refractivity contribution in [1.82, 2.24) is 9.36 Å². The molecule has 0 atom stereocenters. The van der Waals surface area contributed by atoms with Crippen molar-refractivity contribution in [3.8, 4) is 5.69 Å². The fourth-order valence-corrected chi connectivity index (χ4v) is 2.79. The molecule has 0 aliphatic carbocycles. The van der Waals surface area contributed by atoms with E-state index in [2.05, 4.69) is 15.9 Å². The zero-order valence-electron chi connectivity index (χ0n) is 10.8. The molecule has 0 radical (unpaired) electrons. The smallest absolute Gasteiger partial charge is 0.284 e. The van der Waals surface area contributed by atoms with Crippen LogP contribution in [0.5, 0.6) is 0 Å². The number of aromatic nitrogens is 2. The normalized spacial score (nSPS) is 11.9. The molecule has 7 heteroatoms. The Kier molecular flexibility index (Phi) is 3.82. The van der Waals surface area contributed by atoms with Crippen molar-refractivity contribution < 1.29 is 13.2 Å². The van der Waals surface area contributed by atoms with Crippen LogP contribution in [0.4, 0.5) is 13.2 Å². The summed E-state index contributed by atoms with van der Waals surface area (Å²) in [6, 6.07) is 4.51. The lowest BCUT2D eigenvalue weighted by Gasteiger charge is -2.11. The first kappa shape index (κ1) is 14.9. The topological polar surface area (TPSA) is 26.9 Å². The predicted octanol–water partition coefficient (Wildman–Crippen LogP) is 3.52. The highest BCUT2D eigenvalue weighted by Crippen LogP contribution is 2.29. The molecule has 0 N–H and O–H groups in total. The molecule has 20 heavy (non-hydrogen) atoms. The molecule has 1 heterocycles. The monoisotopic (exact) mass is 348 g/mol. The molecule has 0 aliphatic heterocycles. The summed E-state index contributed by atoms with van der Waals surface area (Å²) in [5.74, 6) is 0. The van der Waals surface area contributed by atoms with Gasteiger partial charge in [0, 0.05) is 7.05 Å². The maximum absolute atomic E-state index is 12.5. The van der Waals surface area contributed by atoms with Crippen molar-refractivity contribution in [2.24, 2.45) is 7.05 Å². The number of hydrogen-bond donors (Lipinski definition) is 0. The molecule has 2 rings (SSSR count).